The van der Waals surface area contributed by atoms with E-state index < -0.39 is 0 Å². The fourth-order valence-corrected chi connectivity index (χ4v) is 2.54. The SMILES string of the molecule is O=C(Nc1ccc(Nc2ccccc2Oc2ccccc2)cn1)NC1CC1. The van der Waals surface area contributed by atoms with Gasteiger partial charge in [-0.1, -0.05) is 30.3 Å². The number of pyridine rings is 1. The van der Waals surface area contributed by atoms with Crippen molar-refractivity contribution < 1.29 is 9.53 Å². The molecule has 2 amide bonds. The van der Waals surface area contributed by atoms with Crippen molar-refractivity contribution in [2.45, 2.75) is 18.9 Å². The molecule has 3 aromatic rings. The molecule has 1 aliphatic rings. The fourth-order valence-electron chi connectivity index (χ4n) is 2.54. The molecule has 0 bridgehead atoms. The van der Waals surface area contributed by atoms with Crippen molar-refractivity contribution in [2.75, 3.05) is 10.6 Å². The number of rotatable bonds is 6. The Morgan fingerprint density at radius 3 is 2.48 bits per heavy atom. The molecule has 136 valence electrons. The van der Waals surface area contributed by atoms with Gasteiger partial charge in [0.15, 0.2) is 5.75 Å². The second-order valence-electron chi connectivity index (χ2n) is 6.34. The van der Waals surface area contributed by atoms with Crippen molar-refractivity contribution in [1.29, 1.82) is 0 Å². The molecule has 0 saturated heterocycles. The summed E-state index contributed by atoms with van der Waals surface area (Å²) in [6, 6.07) is 21.0. The van der Waals surface area contributed by atoms with Gasteiger partial charge in [-0.3, -0.25) is 5.32 Å². The molecular weight excluding hydrogens is 340 g/mol. The van der Waals surface area contributed by atoms with E-state index in [1.54, 1.807) is 12.3 Å². The van der Waals surface area contributed by atoms with Crippen LogP contribution in [0, 0.1) is 0 Å². The van der Waals surface area contributed by atoms with Crippen molar-refractivity contribution in [1.82, 2.24) is 10.3 Å². The number of nitrogens with zero attached hydrogens (tertiary/aromatic N) is 1. The highest BCUT2D eigenvalue weighted by molar-refractivity contribution is 5.88. The minimum atomic E-state index is -0.215. The maximum Gasteiger partial charge on any atom is 0.320 e. The number of benzene rings is 2. The Kier molecular flexibility index (Phi) is 4.87. The Balaban J connectivity index is 1.42. The molecule has 0 spiro atoms. The van der Waals surface area contributed by atoms with Crippen LogP contribution in [-0.4, -0.2) is 17.1 Å². The minimum Gasteiger partial charge on any atom is -0.455 e. The molecule has 1 heterocycles. The van der Waals surface area contributed by atoms with E-state index in [0.29, 0.717) is 11.9 Å². The van der Waals surface area contributed by atoms with Gasteiger partial charge in [-0.25, -0.2) is 9.78 Å². The number of carbonyl (C=O) groups is 1. The Labute approximate surface area is 157 Å². The van der Waals surface area contributed by atoms with Crippen LogP contribution in [0.2, 0.25) is 0 Å². The zero-order valence-corrected chi connectivity index (χ0v) is 14.7. The molecular formula is C21H20N4O2. The van der Waals surface area contributed by atoms with Crippen molar-refractivity contribution >= 4 is 23.2 Å². The first-order valence-electron chi connectivity index (χ1n) is 8.89. The summed E-state index contributed by atoms with van der Waals surface area (Å²) in [5, 5.41) is 8.90. The first kappa shape index (κ1) is 16.9. The maximum absolute atomic E-state index is 11.8. The minimum absolute atomic E-state index is 0.215. The predicted molar refractivity (Wildman–Crippen MR) is 106 cm³/mol. The van der Waals surface area contributed by atoms with Crippen LogP contribution in [0.5, 0.6) is 11.5 Å². The van der Waals surface area contributed by atoms with E-state index in [2.05, 4.69) is 20.9 Å². The highest BCUT2D eigenvalue weighted by Gasteiger charge is 2.23. The topological polar surface area (TPSA) is 75.3 Å². The fraction of sp³-hybridized carbons (Fsp3) is 0.143. The van der Waals surface area contributed by atoms with Crippen molar-refractivity contribution in [3.63, 3.8) is 0 Å². The number of urea groups is 1. The summed E-state index contributed by atoms with van der Waals surface area (Å²) in [7, 11) is 0. The number of amides is 2. The Morgan fingerprint density at radius 2 is 1.74 bits per heavy atom. The van der Waals surface area contributed by atoms with Crippen LogP contribution in [-0.2, 0) is 0 Å². The van der Waals surface area contributed by atoms with Crippen LogP contribution in [0.1, 0.15) is 12.8 Å². The molecule has 1 saturated carbocycles. The standard InChI is InChI=1S/C21H20N4O2/c26-21(24-15-10-11-15)25-20-13-12-16(14-22-20)23-18-8-4-5-9-19(18)27-17-6-2-1-3-7-17/h1-9,12-15,23H,10-11H2,(H2,22,24,25,26). The van der Waals surface area contributed by atoms with Gasteiger partial charge in [0.05, 0.1) is 17.6 Å². The molecule has 27 heavy (non-hydrogen) atoms. The van der Waals surface area contributed by atoms with Crippen LogP contribution >= 0.6 is 0 Å². The van der Waals surface area contributed by atoms with Gasteiger partial charge < -0.3 is 15.4 Å². The monoisotopic (exact) mass is 360 g/mol. The van der Waals surface area contributed by atoms with Gasteiger partial charge in [-0.15, -0.1) is 0 Å². The van der Waals surface area contributed by atoms with Crippen LogP contribution in [0.15, 0.2) is 72.9 Å². The molecule has 6 heteroatoms. The number of aromatic nitrogens is 1. The molecule has 0 atom stereocenters. The zero-order valence-electron chi connectivity index (χ0n) is 14.7. The summed E-state index contributed by atoms with van der Waals surface area (Å²) in [5.41, 5.74) is 1.63. The van der Waals surface area contributed by atoms with Gasteiger partial charge in [0.1, 0.15) is 11.6 Å². The molecule has 0 unspecified atom stereocenters. The predicted octanol–water partition coefficient (Wildman–Crippen LogP) is 4.90. The molecule has 4 rings (SSSR count). The molecule has 1 aliphatic carbocycles. The summed E-state index contributed by atoms with van der Waals surface area (Å²) in [5.74, 6) is 1.99. The number of anilines is 3. The third kappa shape index (κ3) is 4.76. The molecule has 6 nitrogen and oxygen atoms in total. The summed E-state index contributed by atoms with van der Waals surface area (Å²) >= 11 is 0. The lowest BCUT2D eigenvalue weighted by molar-refractivity contribution is 0.251. The third-order valence-corrected chi connectivity index (χ3v) is 4.05. The van der Waals surface area contributed by atoms with Crippen molar-refractivity contribution in [2.24, 2.45) is 0 Å². The lowest BCUT2D eigenvalue weighted by atomic mass is 10.2. The summed E-state index contributed by atoms with van der Waals surface area (Å²) in [6.45, 7) is 0. The number of hydrogen-bond acceptors (Lipinski definition) is 4. The first-order valence-corrected chi connectivity index (χ1v) is 8.89. The Morgan fingerprint density at radius 1 is 0.963 bits per heavy atom. The molecule has 1 fully saturated rings. The van der Waals surface area contributed by atoms with E-state index in [4.69, 9.17) is 4.74 Å². The first-order chi connectivity index (χ1) is 13.3. The molecule has 0 aliphatic heterocycles. The average Bonchev–Trinajstić information content (AvgIpc) is 3.50. The van der Waals surface area contributed by atoms with Gasteiger partial charge in [0.2, 0.25) is 0 Å². The van der Waals surface area contributed by atoms with E-state index >= 15 is 0 Å². The number of carbonyl (C=O) groups excluding carboxylic acids is 1. The van der Waals surface area contributed by atoms with Gasteiger partial charge in [0, 0.05) is 6.04 Å². The van der Waals surface area contributed by atoms with E-state index in [0.717, 1.165) is 35.7 Å². The normalized spacial score (nSPS) is 12.9. The van der Waals surface area contributed by atoms with Gasteiger partial charge in [-0.2, -0.15) is 0 Å². The van der Waals surface area contributed by atoms with Crippen molar-refractivity contribution in [3.8, 4) is 11.5 Å². The molecule has 3 N–H and O–H groups in total. The van der Waals surface area contributed by atoms with E-state index in [-0.39, 0.29) is 6.03 Å². The summed E-state index contributed by atoms with van der Waals surface area (Å²) in [4.78, 5) is 16.0. The van der Waals surface area contributed by atoms with E-state index in [1.807, 2.05) is 60.7 Å². The number of hydrogen-bond donors (Lipinski definition) is 3. The number of para-hydroxylation sites is 3. The number of nitrogens with one attached hydrogen (secondary N) is 3. The number of ether oxygens (including phenoxy) is 1. The quantitative estimate of drug-likeness (QED) is 0.584. The molecule has 2 aromatic carbocycles. The lowest BCUT2D eigenvalue weighted by Gasteiger charge is -2.13. The molecule has 0 radical (unpaired) electrons. The average molecular weight is 360 g/mol. The Hall–Kier alpha value is -3.54. The van der Waals surface area contributed by atoms with Gasteiger partial charge in [-0.05, 0) is 49.2 Å². The van der Waals surface area contributed by atoms with Crippen molar-refractivity contribution in [3.05, 3.63) is 72.9 Å². The highest BCUT2D eigenvalue weighted by atomic mass is 16.5. The summed E-state index contributed by atoms with van der Waals surface area (Å²) < 4.78 is 5.95. The second kappa shape index (κ2) is 7.78. The lowest BCUT2D eigenvalue weighted by Crippen LogP contribution is -2.30. The van der Waals surface area contributed by atoms with Gasteiger partial charge in [0.25, 0.3) is 0 Å². The summed E-state index contributed by atoms with van der Waals surface area (Å²) in [6.07, 6.45) is 3.77. The Bertz CT molecular complexity index is 909. The van der Waals surface area contributed by atoms with E-state index in [1.165, 1.54) is 0 Å². The largest absolute Gasteiger partial charge is 0.455 e. The van der Waals surface area contributed by atoms with Gasteiger partial charge >= 0.3 is 6.03 Å². The van der Waals surface area contributed by atoms with Crippen LogP contribution in [0.25, 0.3) is 0 Å². The second-order valence-corrected chi connectivity index (χ2v) is 6.34. The molecule has 1 aromatic heterocycles. The smallest absolute Gasteiger partial charge is 0.320 e. The zero-order chi connectivity index (χ0) is 18.5. The van der Waals surface area contributed by atoms with Crippen LogP contribution < -0.4 is 20.7 Å². The van der Waals surface area contributed by atoms with E-state index in [9.17, 15) is 4.79 Å². The van der Waals surface area contributed by atoms with Crippen LogP contribution in [0.4, 0.5) is 22.0 Å². The third-order valence-electron chi connectivity index (χ3n) is 4.05. The highest BCUT2D eigenvalue weighted by Crippen LogP contribution is 2.31. The van der Waals surface area contributed by atoms with Crippen LogP contribution in [0.3, 0.4) is 0 Å². The maximum atomic E-state index is 11.8.